The Bertz CT molecular complexity index is 854. The molecular weight excluding hydrogens is 305 g/mol. The van der Waals surface area contributed by atoms with Gasteiger partial charge in [0.15, 0.2) is 0 Å². The Kier molecular flexibility index (Phi) is 3.56. The number of nitrogens with one attached hydrogen (secondary N) is 2. The molecule has 1 aliphatic carbocycles. The molecule has 1 saturated carbocycles. The SMILES string of the molecule is CC(NC(=O)C1CC1c1ccc(F)cc1)c1nc2ccccc2[nH]1. The smallest absolute Gasteiger partial charge is 0.224 e. The topological polar surface area (TPSA) is 57.8 Å². The van der Waals surface area contributed by atoms with Crippen molar-refractivity contribution in [3.63, 3.8) is 0 Å². The van der Waals surface area contributed by atoms with Crippen LogP contribution in [0.15, 0.2) is 48.5 Å². The number of para-hydroxylation sites is 2. The van der Waals surface area contributed by atoms with Gasteiger partial charge in [-0.15, -0.1) is 0 Å². The maximum atomic E-state index is 13.0. The first-order valence-corrected chi connectivity index (χ1v) is 8.12. The predicted octanol–water partition coefficient (Wildman–Crippen LogP) is 3.68. The van der Waals surface area contributed by atoms with E-state index in [9.17, 15) is 9.18 Å². The van der Waals surface area contributed by atoms with Crippen molar-refractivity contribution in [1.82, 2.24) is 15.3 Å². The monoisotopic (exact) mass is 323 g/mol. The molecule has 2 aromatic carbocycles. The Morgan fingerprint density at radius 2 is 2.00 bits per heavy atom. The number of aromatic amines is 1. The highest BCUT2D eigenvalue weighted by atomic mass is 19.1. The van der Waals surface area contributed by atoms with Gasteiger partial charge in [-0.2, -0.15) is 0 Å². The van der Waals surface area contributed by atoms with Gasteiger partial charge < -0.3 is 10.3 Å². The molecule has 1 amide bonds. The summed E-state index contributed by atoms with van der Waals surface area (Å²) in [6.45, 7) is 1.92. The molecule has 0 radical (unpaired) electrons. The third-order valence-corrected chi connectivity index (χ3v) is 4.60. The first-order valence-electron chi connectivity index (χ1n) is 8.12. The molecule has 1 aliphatic rings. The number of H-pyrrole nitrogens is 1. The normalized spacial score (nSPS) is 20.8. The van der Waals surface area contributed by atoms with E-state index in [0.717, 1.165) is 28.8 Å². The van der Waals surface area contributed by atoms with E-state index in [-0.39, 0.29) is 29.6 Å². The fourth-order valence-electron chi connectivity index (χ4n) is 3.13. The van der Waals surface area contributed by atoms with Gasteiger partial charge in [0.25, 0.3) is 0 Å². The number of carbonyl (C=O) groups is 1. The van der Waals surface area contributed by atoms with E-state index in [1.54, 1.807) is 12.1 Å². The maximum absolute atomic E-state index is 13.0. The van der Waals surface area contributed by atoms with Crippen molar-refractivity contribution in [1.29, 1.82) is 0 Å². The summed E-state index contributed by atoms with van der Waals surface area (Å²) in [5, 5.41) is 3.02. The number of nitrogens with zero attached hydrogens (tertiary/aromatic N) is 1. The van der Waals surface area contributed by atoms with Gasteiger partial charge in [0.1, 0.15) is 11.6 Å². The number of benzene rings is 2. The van der Waals surface area contributed by atoms with Crippen LogP contribution in [0.2, 0.25) is 0 Å². The molecule has 1 heterocycles. The molecule has 0 spiro atoms. The minimum atomic E-state index is -0.251. The Morgan fingerprint density at radius 1 is 1.25 bits per heavy atom. The number of imidazole rings is 1. The molecular formula is C19H18FN3O. The Balaban J connectivity index is 1.42. The molecule has 122 valence electrons. The number of hydrogen-bond donors (Lipinski definition) is 2. The second kappa shape index (κ2) is 5.74. The summed E-state index contributed by atoms with van der Waals surface area (Å²) >= 11 is 0. The zero-order valence-electron chi connectivity index (χ0n) is 13.3. The lowest BCUT2D eigenvalue weighted by Crippen LogP contribution is -2.29. The van der Waals surface area contributed by atoms with Crippen LogP contribution in [0.5, 0.6) is 0 Å². The van der Waals surface area contributed by atoms with Crippen molar-refractivity contribution < 1.29 is 9.18 Å². The van der Waals surface area contributed by atoms with E-state index in [1.807, 2.05) is 31.2 Å². The summed E-state index contributed by atoms with van der Waals surface area (Å²) in [5.74, 6) is 0.676. The maximum Gasteiger partial charge on any atom is 0.224 e. The van der Waals surface area contributed by atoms with Crippen LogP contribution in [-0.2, 0) is 4.79 Å². The number of amides is 1. The zero-order chi connectivity index (χ0) is 16.7. The molecule has 0 aliphatic heterocycles. The van der Waals surface area contributed by atoms with Gasteiger partial charge in [-0.1, -0.05) is 24.3 Å². The number of fused-ring (bicyclic) bond motifs is 1. The molecule has 3 aromatic rings. The predicted molar refractivity (Wildman–Crippen MR) is 89.9 cm³/mol. The number of aromatic nitrogens is 2. The van der Waals surface area contributed by atoms with E-state index < -0.39 is 0 Å². The molecule has 3 unspecified atom stereocenters. The number of halogens is 1. The van der Waals surface area contributed by atoms with Crippen LogP contribution >= 0.6 is 0 Å². The summed E-state index contributed by atoms with van der Waals surface area (Å²) < 4.78 is 13.0. The minimum Gasteiger partial charge on any atom is -0.346 e. The second-order valence-corrected chi connectivity index (χ2v) is 6.37. The van der Waals surface area contributed by atoms with Crippen LogP contribution in [-0.4, -0.2) is 15.9 Å². The molecule has 4 nitrogen and oxygen atoms in total. The fraction of sp³-hybridized carbons (Fsp3) is 0.263. The molecule has 3 atom stereocenters. The summed E-state index contributed by atoms with van der Waals surface area (Å²) in [4.78, 5) is 20.2. The molecule has 1 fully saturated rings. The lowest BCUT2D eigenvalue weighted by atomic mass is 10.1. The van der Waals surface area contributed by atoms with Crippen LogP contribution in [0.25, 0.3) is 11.0 Å². The summed E-state index contributed by atoms with van der Waals surface area (Å²) in [5.41, 5.74) is 2.88. The number of carbonyl (C=O) groups excluding carboxylic acids is 1. The molecule has 24 heavy (non-hydrogen) atoms. The summed E-state index contributed by atoms with van der Waals surface area (Å²) in [6, 6.07) is 14.0. The van der Waals surface area contributed by atoms with Gasteiger partial charge in [0.2, 0.25) is 5.91 Å². The molecule has 0 bridgehead atoms. The van der Waals surface area contributed by atoms with Gasteiger partial charge in [-0.25, -0.2) is 9.37 Å². The zero-order valence-corrected chi connectivity index (χ0v) is 13.3. The Hall–Kier alpha value is -2.69. The number of hydrogen-bond acceptors (Lipinski definition) is 2. The average molecular weight is 323 g/mol. The highest BCUT2D eigenvalue weighted by Crippen LogP contribution is 2.47. The van der Waals surface area contributed by atoms with Gasteiger partial charge >= 0.3 is 0 Å². The van der Waals surface area contributed by atoms with Gasteiger partial charge in [-0.05, 0) is 49.1 Å². The Morgan fingerprint density at radius 3 is 2.75 bits per heavy atom. The van der Waals surface area contributed by atoms with E-state index in [1.165, 1.54) is 12.1 Å². The fourth-order valence-corrected chi connectivity index (χ4v) is 3.13. The third-order valence-electron chi connectivity index (χ3n) is 4.60. The largest absolute Gasteiger partial charge is 0.346 e. The van der Waals surface area contributed by atoms with E-state index in [4.69, 9.17) is 0 Å². The average Bonchev–Trinajstić information content (AvgIpc) is 3.26. The van der Waals surface area contributed by atoms with Crippen molar-refractivity contribution in [2.24, 2.45) is 5.92 Å². The number of rotatable bonds is 4. The second-order valence-electron chi connectivity index (χ2n) is 6.37. The van der Waals surface area contributed by atoms with Crippen molar-refractivity contribution in [3.05, 3.63) is 65.7 Å². The standard InChI is InChI=1S/C19H18FN3O/c1-11(18-22-16-4-2-3-5-17(16)23-18)21-19(24)15-10-14(15)12-6-8-13(20)9-7-12/h2-9,11,14-15H,10H2,1H3,(H,21,24)(H,22,23). The quantitative estimate of drug-likeness (QED) is 0.769. The lowest BCUT2D eigenvalue weighted by Gasteiger charge is -2.11. The van der Waals surface area contributed by atoms with Crippen LogP contribution in [0.4, 0.5) is 4.39 Å². The highest BCUT2D eigenvalue weighted by Gasteiger charge is 2.44. The van der Waals surface area contributed by atoms with Crippen LogP contribution in [0.3, 0.4) is 0 Å². The van der Waals surface area contributed by atoms with E-state index in [0.29, 0.717) is 0 Å². The van der Waals surface area contributed by atoms with E-state index >= 15 is 0 Å². The van der Waals surface area contributed by atoms with E-state index in [2.05, 4.69) is 15.3 Å². The van der Waals surface area contributed by atoms with Gasteiger partial charge in [0, 0.05) is 5.92 Å². The molecule has 4 rings (SSSR count). The summed E-state index contributed by atoms with van der Waals surface area (Å²) in [7, 11) is 0. The van der Waals surface area contributed by atoms with Gasteiger partial charge in [0.05, 0.1) is 17.1 Å². The lowest BCUT2D eigenvalue weighted by molar-refractivity contribution is -0.123. The minimum absolute atomic E-state index is 0.0253. The molecule has 5 heteroatoms. The molecule has 2 N–H and O–H groups in total. The third kappa shape index (κ3) is 2.77. The van der Waals surface area contributed by atoms with Crippen LogP contribution < -0.4 is 5.32 Å². The van der Waals surface area contributed by atoms with Crippen molar-refractivity contribution in [2.45, 2.75) is 25.3 Å². The Labute approximate surface area is 139 Å². The van der Waals surface area contributed by atoms with Crippen molar-refractivity contribution >= 4 is 16.9 Å². The van der Waals surface area contributed by atoms with Gasteiger partial charge in [-0.3, -0.25) is 4.79 Å². The first kappa shape index (κ1) is 14.9. The first-order chi connectivity index (χ1) is 11.6. The highest BCUT2D eigenvalue weighted by molar-refractivity contribution is 5.83. The summed E-state index contributed by atoms with van der Waals surface area (Å²) in [6.07, 6.45) is 0.810. The van der Waals surface area contributed by atoms with Crippen molar-refractivity contribution in [3.8, 4) is 0 Å². The molecule has 0 saturated heterocycles. The van der Waals surface area contributed by atoms with Crippen molar-refractivity contribution in [2.75, 3.05) is 0 Å². The van der Waals surface area contributed by atoms with Crippen LogP contribution in [0.1, 0.15) is 36.7 Å². The van der Waals surface area contributed by atoms with Crippen LogP contribution in [0, 0.1) is 11.7 Å². The molecule has 1 aromatic heterocycles.